The van der Waals surface area contributed by atoms with Crippen molar-refractivity contribution in [2.75, 3.05) is 5.73 Å². The lowest BCUT2D eigenvalue weighted by molar-refractivity contribution is -0.149. The highest BCUT2D eigenvalue weighted by Crippen LogP contribution is 2.45. The Labute approximate surface area is 256 Å². The molecule has 2 aliphatic heterocycles. The summed E-state index contributed by atoms with van der Waals surface area (Å²) in [5, 5.41) is 15.3. The van der Waals surface area contributed by atoms with E-state index in [2.05, 4.69) is 5.10 Å². The number of nitrogens with zero attached hydrogens (tertiary/aromatic N) is 2. The largest absolute Gasteiger partial charge is 0.458 e. The number of aliphatic hydroxyl groups is 1. The molecule has 2 aromatic rings. The van der Waals surface area contributed by atoms with Crippen molar-refractivity contribution >= 4 is 23.5 Å². The number of carbonyl (C=O) groups is 2. The number of nitrogens with two attached hydrogens (primary N) is 1. The maximum atomic E-state index is 13.4. The molecule has 0 aliphatic carbocycles. The zero-order valence-corrected chi connectivity index (χ0v) is 26.3. The average Bonchev–Trinajstić information content (AvgIpc) is 3.33. The molecular formula is C33H44F3N3O5. The Kier molecular flexibility index (Phi) is 9.71. The van der Waals surface area contributed by atoms with Crippen molar-refractivity contribution in [1.82, 2.24) is 9.78 Å². The van der Waals surface area contributed by atoms with E-state index in [0.717, 1.165) is 25.3 Å². The number of alkyl halides is 3. The molecule has 1 aromatic carbocycles. The number of Topliss-reactive ketones (excluding diaryl/α,β-unsaturated/α-hetero) is 1. The Morgan fingerprint density at radius 1 is 1.16 bits per heavy atom. The number of ketones is 1. The molecule has 4 rings (SSSR count). The van der Waals surface area contributed by atoms with Crippen LogP contribution < -0.4 is 5.73 Å². The van der Waals surface area contributed by atoms with Crippen molar-refractivity contribution in [3.05, 3.63) is 47.3 Å². The summed E-state index contributed by atoms with van der Waals surface area (Å²) < 4.78 is 53.5. The highest BCUT2D eigenvalue weighted by atomic mass is 19.4. The van der Waals surface area contributed by atoms with Crippen molar-refractivity contribution in [2.45, 2.75) is 110 Å². The lowest BCUT2D eigenvalue weighted by atomic mass is 9.74. The molecular weight excluding hydrogens is 575 g/mol. The normalized spacial score (nSPS) is 30.9. The van der Waals surface area contributed by atoms with E-state index in [0.29, 0.717) is 17.7 Å². The number of cyclic esters (lactones) is 1. The number of fused-ring (bicyclic) bond motifs is 1. The second kappa shape index (κ2) is 12.7. The smallest absolute Gasteiger partial charge is 0.418 e. The molecule has 0 bridgehead atoms. The minimum Gasteiger partial charge on any atom is -0.458 e. The van der Waals surface area contributed by atoms with Gasteiger partial charge in [0.05, 0.1) is 34.8 Å². The number of halogens is 3. The summed E-state index contributed by atoms with van der Waals surface area (Å²) in [6.07, 6.45) is 0.220. The number of anilines is 1. The fourth-order valence-corrected chi connectivity index (χ4v) is 6.11. The third-order valence-corrected chi connectivity index (χ3v) is 9.30. The number of benzene rings is 1. The first-order chi connectivity index (χ1) is 20.4. The Hall–Kier alpha value is -3.18. The van der Waals surface area contributed by atoms with Crippen molar-refractivity contribution < 1.29 is 37.3 Å². The van der Waals surface area contributed by atoms with E-state index in [9.17, 15) is 27.9 Å². The third-order valence-electron chi connectivity index (χ3n) is 9.30. The first-order valence-corrected chi connectivity index (χ1v) is 15.2. The number of carbonyl (C=O) groups excluding carboxylic acids is 2. The zero-order valence-electron chi connectivity index (χ0n) is 26.3. The number of esters is 1. The quantitative estimate of drug-likeness (QED) is 0.228. The molecule has 0 unspecified atom stereocenters. The first kappa shape index (κ1) is 33.7. The molecule has 2 saturated heterocycles. The van der Waals surface area contributed by atoms with Gasteiger partial charge >= 0.3 is 12.1 Å². The third kappa shape index (κ3) is 7.72. The number of nitrogen functional groups attached to an aromatic ring is 1. The van der Waals surface area contributed by atoms with Crippen LogP contribution in [0.15, 0.2) is 36.0 Å². The van der Waals surface area contributed by atoms with E-state index in [1.54, 1.807) is 39.1 Å². The molecule has 1 aromatic heterocycles. The highest BCUT2D eigenvalue weighted by molar-refractivity contribution is 5.87. The summed E-state index contributed by atoms with van der Waals surface area (Å²) in [5.41, 5.74) is 4.41. The molecule has 11 heteroatoms. The second-order valence-corrected chi connectivity index (χ2v) is 13.4. The number of hydrogen-bond acceptors (Lipinski definition) is 7. The minimum atomic E-state index is -4.60. The minimum absolute atomic E-state index is 0.0248. The van der Waals surface area contributed by atoms with Crippen LogP contribution in [0.3, 0.4) is 0 Å². The lowest BCUT2D eigenvalue weighted by Crippen LogP contribution is -2.39. The van der Waals surface area contributed by atoms with Crippen LogP contribution in [0, 0.1) is 17.3 Å². The van der Waals surface area contributed by atoms with Gasteiger partial charge in [0.25, 0.3) is 0 Å². The van der Waals surface area contributed by atoms with Gasteiger partial charge in [0.1, 0.15) is 11.9 Å². The van der Waals surface area contributed by atoms with Gasteiger partial charge in [-0.3, -0.25) is 9.59 Å². The Morgan fingerprint density at radius 3 is 2.55 bits per heavy atom. The maximum absolute atomic E-state index is 13.4. The number of hydrogen-bond donors (Lipinski definition) is 2. The monoisotopic (exact) mass is 619 g/mol. The standard InChI is InChI=1S/C33H44F3N3O5/c1-19-8-7-13-32(6)27(44-32)18-26(43-28(40)11-14-31(4,5)30(42)21(3)29(19)41)20(2)16-22-12-15-39(38-22)23-9-10-25(37)24(17-23)33(34,35)36/h9-10,12,15-17,19,21,26-27,29,41H,7-8,11,13-14,18,37H2,1-6H3/b20-16+/t19-,21+,26-,27-,29-,32+/m0/s1. The predicted octanol–water partition coefficient (Wildman–Crippen LogP) is 6.53. The summed E-state index contributed by atoms with van der Waals surface area (Å²) in [5.74, 6) is -1.15. The van der Waals surface area contributed by atoms with E-state index in [-0.39, 0.29) is 47.6 Å². The van der Waals surface area contributed by atoms with Crippen molar-refractivity contribution in [1.29, 1.82) is 0 Å². The average molecular weight is 620 g/mol. The van der Waals surface area contributed by atoms with E-state index >= 15 is 0 Å². The fraction of sp³-hybridized carbons (Fsp3) is 0.606. The number of aromatic nitrogens is 2. The van der Waals surface area contributed by atoms with Gasteiger partial charge in [0.15, 0.2) is 0 Å². The Balaban J connectivity index is 1.56. The number of ether oxygens (including phenoxy) is 2. The highest BCUT2D eigenvalue weighted by Gasteiger charge is 2.52. The molecule has 0 radical (unpaired) electrons. The van der Waals surface area contributed by atoms with Gasteiger partial charge in [-0.1, -0.05) is 34.1 Å². The topological polar surface area (TPSA) is 120 Å². The van der Waals surface area contributed by atoms with E-state index < -0.39 is 41.2 Å². The van der Waals surface area contributed by atoms with Crippen LogP contribution in [0.1, 0.15) is 91.3 Å². The SMILES string of the molecule is C/C(=C\c1ccn(-c2ccc(N)c(C(F)(F)F)c2)n1)[C@@H]1C[C@@H]2O[C@]2(C)CCC[C@H](C)[C@H](O)[C@@H](C)C(=O)C(C)(C)CCC(=O)O1. The van der Waals surface area contributed by atoms with Crippen LogP contribution in [0.5, 0.6) is 0 Å². The van der Waals surface area contributed by atoms with Gasteiger partial charge in [0, 0.05) is 36.1 Å². The predicted molar refractivity (Wildman–Crippen MR) is 161 cm³/mol. The summed E-state index contributed by atoms with van der Waals surface area (Å²) in [7, 11) is 0. The molecule has 0 saturated carbocycles. The van der Waals surface area contributed by atoms with Crippen LogP contribution in [-0.2, 0) is 25.2 Å². The van der Waals surface area contributed by atoms with Gasteiger partial charge in [-0.2, -0.15) is 18.3 Å². The van der Waals surface area contributed by atoms with Crippen LogP contribution in [0.4, 0.5) is 18.9 Å². The summed E-state index contributed by atoms with van der Waals surface area (Å²) in [6.45, 7) is 11.1. The Morgan fingerprint density at radius 2 is 1.86 bits per heavy atom. The van der Waals surface area contributed by atoms with Crippen molar-refractivity contribution in [3.8, 4) is 5.69 Å². The molecule has 0 amide bonds. The molecule has 3 heterocycles. The van der Waals surface area contributed by atoms with Gasteiger partial charge in [-0.05, 0) is 74.9 Å². The van der Waals surface area contributed by atoms with E-state index in [1.165, 1.54) is 16.8 Å². The molecule has 3 N–H and O–H groups in total. The molecule has 2 aliphatic rings. The molecule has 242 valence electrons. The molecule has 44 heavy (non-hydrogen) atoms. The van der Waals surface area contributed by atoms with Crippen LogP contribution in [0.2, 0.25) is 0 Å². The van der Waals surface area contributed by atoms with Crippen LogP contribution >= 0.6 is 0 Å². The second-order valence-electron chi connectivity index (χ2n) is 13.4. The number of aliphatic hydroxyl groups excluding tert-OH is 1. The van der Waals surface area contributed by atoms with Crippen molar-refractivity contribution in [3.63, 3.8) is 0 Å². The summed E-state index contributed by atoms with van der Waals surface area (Å²) >= 11 is 0. The van der Waals surface area contributed by atoms with Crippen molar-refractivity contribution in [2.24, 2.45) is 17.3 Å². The van der Waals surface area contributed by atoms with Gasteiger partial charge in [-0.25, -0.2) is 4.68 Å². The van der Waals surface area contributed by atoms with Gasteiger partial charge in [0.2, 0.25) is 0 Å². The number of epoxide rings is 1. The molecule has 2 fully saturated rings. The maximum Gasteiger partial charge on any atom is 0.418 e. The van der Waals surface area contributed by atoms with Gasteiger partial charge in [-0.15, -0.1) is 0 Å². The Bertz CT molecular complexity index is 1400. The first-order valence-electron chi connectivity index (χ1n) is 15.2. The lowest BCUT2D eigenvalue weighted by Gasteiger charge is -2.31. The summed E-state index contributed by atoms with van der Waals surface area (Å²) in [6, 6.07) is 5.27. The fourth-order valence-electron chi connectivity index (χ4n) is 6.11. The summed E-state index contributed by atoms with van der Waals surface area (Å²) in [4.78, 5) is 26.4. The molecule has 0 spiro atoms. The van der Waals surface area contributed by atoms with Crippen LogP contribution in [-0.4, -0.2) is 50.6 Å². The number of rotatable bonds is 3. The molecule has 6 atom stereocenters. The van der Waals surface area contributed by atoms with E-state index in [4.69, 9.17) is 15.2 Å². The van der Waals surface area contributed by atoms with Crippen LogP contribution in [0.25, 0.3) is 11.8 Å². The molecule has 8 nitrogen and oxygen atoms in total. The zero-order chi connectivity index (χ0) is 32.6. The van der Waals surface area contributed by atoms with Gasteiger partial charge < -0.3 is 20.3 Å². The van der Waals surface area contributed by atoms with E-state index in [1.807, 2.05) is 20.8 Å².